The average molecular weight is 738 g/mol. The van der Waals surface area contributed by atoms with Crippen molar-refractivity contribution in [3.05, 3.63) is 58.9 Å². The molecule has 1 fully saturated rings. The van der Waals surface area contributed by atoms with Gasteiger partial charge in [-0.25, -0.2) is 26.7 Å². The van der Waals surface area contributed by atoms with Gasteiger partial charge in [0.25, 0.3) is 17.8 Å². The third-order valence-electron chi connectivity index (χ3n) is 7.82. The predicted octanol–water partition coefficient (Wildman–Crippen LogP) is 5.38. The number of piperidine rings is 1. The lowest BCUT2D eigenvalue weighted by Gasteiger charge is -2.36. The molecule has 2 aliphatic heterocycles. The Labute approximate surface area is 286 Å². The van der Waals surface area contributed by atoms with Crippen LogP contribution >= 0.6 is 0 Å². The summed E-state index contributed by atoms with van der Waals surface area (Å²) in [6, 6.07) is 2.89. The second-order valence-corrected chi connectivity index (χ2v) is 13.1. The van der Waals surface area contributed by atoms with Gasteiger partial charge in [-0.15, -0.1) is 13.2 Å². The molecule has 19 heteroatoms. The van der Waals surface area contributed by atoms with E-state index in [2.05, 4.69) is 10.1 Å². The Hall–Kier alpha value is -4.68. The van der Waals surface area contributed by atoms with Crippen molar-refractivity contribution in [2.45, 2.75) is 76.9 Å². The van der Waals surface area contributed by atoms with Crippen LogP contribution in [0, 0.1) is 11.7 Å². The summed E-state index contributed by atoms with van der Waals surface area (Å²) in [6.45, 7) is 5.00. The minimum Gasteiger partial charge on any atom is -0.444 e. The maximum atomic E-state index is 15.8. The molecule has 2 atom stereocenters. The van der Waals surface area contributed by atoms with E-state index in [0.717, 1.165) is 24.3 Å². The largest absolute Gasteiger partial charge is 0.573 e. The third-order valence-corrected chi connectivity index (χ3v) is 7.82. The van der Waals surface area contributed by atoms with Crippen LogP contribution < -0.4 is 25.8 Å². The Morgan fingerprint density at radius 2 is 1.63 bits per heavy atom. The number of fused-ring (bicyclic) bond motifs is 1. The van der Waals surface area contributed by atoms with Gasteiger partial charge in [0.05, 0.1) is 30.3 Å². The number of hydrazine groups is 1. The zero-order valence-electron chi connectivity index (χ0n) is 27.7. The van der Waals surface area contributed by atoms with Crippen LogP contribution in [0.2, 0.25) is 0 Å². The Morgan fingerprint density at radius 1 is 0.980 bits per heavy atom. The van der Waals surface area contributed by atoms with E-state index in [1.165, 1.54) is 25.7 Å². The molecule has 11 nitrogen and oxygen atoms in total. The van der Waals surface area contributed by atoms with Crippen molar-refractivity contribution in [2.75, 3.05) is 24.5 Å². The second-order valence-electron chi connectivity index (χ2n) is 13.1. The molecule has 51 heavy (non-hydrogen) atoms. The summed E-state index contributed by atoms with van der Waals surface area (Å²) >= 11 is 0. The molecule has 2 aromatic rings. The van der Waals surface area contributed by atoms with Crippen LogP contribution in [-0.4, -0.2) is 72.3 Å². The Bertz CT molecular complexity index is 1650. The number of hydrogen-bond acceptors (Lipinski definition) is 7. The standard InChI is InChI=1S/C32H35F8N5O6/c1-5-44-15-18(12-30(34,35)16-44)25(46)42-43-26(47)20-10-24-21(11-22(20)33)31(36,37)13-23(41-28(49)51-29(2,3)4)27(48)45(24)14-17-6-8-19(9-7-17)50-32(38,39)40/h6-11,18,23H,5,12-16H2,1-4H3,(H,41,49)(H,42,46)(H,43,47)/t18?,23-/m0/s1. The van der Waals surface area contributed by atoms with E-state index >= 15 is 13.2 Å². The van der Waals surface area contributed by atoms with Gasteiger partial charge in [-0.1, -0.05) is 19.1 Å². The fourth-order valence-electron chi connectivity index (χ4n) is 5.61. The van der Waals surface area contributed by atoms with Gasteiger partial charge in [0, 0.05) is 24.9 Å². The smallest absolute Gasteiger partial charge is 0.444 e. The van der Waals surface area contributed by atoms with Gasteiger partial charge >= 0.3 is 12.5 Å². The van der Waals surface area contributed by atoms with Gasteiger partial charge in [0.1, 0.15) is 23.2 Å². The molecule has 0 spiro atoms. The molecular formula is C32H35F8N5O6. The predicted molar refractivity (Wildman–Crippen MR) is 163 cm³/mol. The van der Waals surface area contributed by atoms with Crippen molar-refractivity contribution < 1.29 is 63.8 Å². The number of alkyl carbamates (subject to hydrolysis) is 1. The molecule has 1 saturated heterocycles. The Balaban J connectivity index is 1.68. The first-order valence-corrected chi connectivity index (χ1v) is 15.5. The summed E-state index contributed by atoms with van der Waals surface area (Å²) < 4.78 is 122. The minimum atomic E-state index is -5.02. The summed E-state index contributed by atoms with van der Waals surface area (Å²) in [5.74, 6) is -14.2. The molecule has 0 aromatic heterocycles. The first-order valence-electron chi connectivity index (χ1n) is 15.5. The van der Waals surface area contributed by atoms with Crippen molar-refractivity contribution >= 4 is 29.5 Å². The number of amides is 4. The summed E-state index contributed by atoms with van der Waals surface area (Å²) in [4.78, 5) is 54.2. The Kier molecular flexibility index (Phi) is 11.1. The van der Waals surface area contributed by atoms with Gasteiger partial charge in [-0.3, -0.25) is 30.1 Å². The van der Waals surface area contributed by atoms with Crippen molar-refractivity contribution in [3.8, 4) is 5.75 Å². The zero-order valence-corrected chi connectivity index (χ0v) is 27.7. The molecule has 0 saturated carbocycles. The van der Waals surface area contributed by atoms with Gasteiger partial charge < -0.3 is 19.7 Å². The number of nitrogens with one attached hydrogen (secondary N) is 3. The maximum Gasteiger partial charge on any atom is 0.573 e. The molecule has 4 rings (SSSR count). The number of alkyl halides is 7. The fourth-order valence-corrected chi connectivity index (χ4v) is 5.61. The highest BCUT2D eigenvalue weighted by Crippen LogP contribution is 2.44. The molecule has 0 radical (unpaired) electrons. The van der Waals surface area contributed by atoms with E-state index in [0.29, 0.717) is 17.0 Å². The Morgan fingerprint density at radius 3 is 2.22 bits per heavy atom. The highest BCUT2D eigenvalue weighted by Gasteiger charge is 2.47. The van der Waals surface area contributed by atoms with E-state index in [9.17, 15) is 41.1 Å². The number of carbonyl (C=O) groups is 4. The number of hydrogen-bond donors (Lipinski definition) is 3. The highest BCUT2D eigenvalue weighted by molar-refractivity contribution is 6.03. The number of benzene rings is 2. The van der Waals surface area contributed by atoms with Crippen LogP contribution in [0.1, 0.15) is 62.0 Å². The summed E-state index contributed by atoms with van der Waals surface area (Å²) in [6.07, 6.45) is -8.47. The molecule has 0 bridgehead atoms. The van der Waals surface area contributed by atoms with E-state index in [4.69, 9.17) is 4.74 Å². The van der Waals surface area contributed by atoms with Crippen LogP contribution in [-0.2, 0) is 26.8 Å². The molecule has 1 unspecified atom stereocenters. The lowest BCUT2D eigenvalue weighted by Crippen LogP contribution is -2.53. The van der Waals surface area contributed by atoms with Crippen molar-refractivity contribution in [3.63, 3.8) is 0 Å². The fraction of sp³-hybridized carbons (Fsp3) is 0.500. The normalized spacial score (nSPS) is 20.5. The number of anilines is 1. The van der Waals surface area contributed by atoms with Gasteiger partial charge in [0.15, 0.2) is 0 Å². The van der Waals surface area contributed by atoms with Gasteiger partial charge in [0.2, 0.25) is 11.8 Å². The summed E-state index contributed by atoms with van der Waals surface area (Å²) in [5.41, 5.74) is 0.0673. The van der Waals surface area contributed by atoms with Crippen LogP contribution in [0.25, 0.3) is 0 Å². The monoisotopic (exact) mass is 737 g/mol. The van der Waals surface area contributed by atoms with Crippen molar-refractivity contribution in [1.29, 1.82) is 0 Å². The molecule has 4 amide bonds. The molecule has 280 valence electrons. The van der Waals surface area contributed by atoms with Crippen LogP contribution in [0.4, 0.5) is 45.6 Å². The number of halogens is 8. The first kappa shape index (κ1) is 39.1. The topological polar surface area (TPSA) is 129 Å². The summed E-state index contributed by atoms with van der Waals surface area (Å²) in [7, 11) is 0. The van der Waals surface area contributed by atoms with E-state index in [-0.39, 0.29) is 18.7 Å². The first-order chi connectivity index (χ1) is 23.5. The number of ether oxygens (including phenoxy) is 2. The molecule has 0 aliphatic carbocycles. The number of carbonyl (C=O) groups excluding carboxylic acids is 4. The second kappa shape index (κ2) is 14.5. The zero-order chi connectivity index (χ0) is 38.1. The number of nitrogens with zero attached hydrogens (tertiary/aromatic N) is 2. The van der Waals surface area contributed by atoms with E-state index < -0.39 is 114 Å². The quantitative estimate of drug-likeness (QED) is 0.257. The average Bonchev–Trinajstić information content (AvgIpc) is 3.06. The van der Waals surface area contributed by atoms with Crippen molar-refractivity contribution in [1.82, 2.24) is 21.1 Å². The van der Waals surface area contributed by atoms with Crippen LogP contribution in [0.15, 0.2) is 36.4 Å². The lowest BCUT2D eigenvalue weighted by atomic mass is 9.94. The van der Waals surface area contributed by atoms with Crippen LogP contribution in [0.3, 0.4) is 0 Å². The SMILES string of the molecule is CCN1CC(C(=O)NNC(=O)c2cc3c(cc2F)C(F)(F)C[C@H](NC(=O)OC(C)(C)C)C(=O)N3Cc2ccc(OC(F)(F)F)cc2)CC(F)(F)C1. The van der Waals surface area contributed by atoms with E-state index in [1.807, 2.05) is 10.9 Å². The van der Waals surface area contributed by atoms with E-state index in [1.54, 1.807) is 6.92 Å². The van der Waals surface area contributed by atoms with Gasteiger partial charge in [-0.05, 0) is 57.1 Å². The molecule has 2 heterocycles. The number of rotatable bonds is 7. The summed E-state index contributed by atoms with van der Waals surface area (Å²) in [5, 5.41) is 2.08. The van der Waals surface area contributed by atoms with Crippen molar-refractivity contribution in [2.24, 2.45) is 5.92 Å². The maximum absolute atomic E-state index is 15.8. The molecule has 2 aromatic carbocycles. The minimum absolute atomic E-state index is 0.0606. The van der Waals surface area contributed by atoms with Crippen LogP contribution in [0.5, 0.6) is 5.75 Å². The lowest BCUT2D eigenvalue weighted by molar-refractivity contribution is -0.274. The van der Waals surface area contributed by atoms with Gasteiger partial charge in [-0.2, -0.15) is 0 Å². The highest BCUT2D eigenvalue weighted by atomic mass is 19.4. The number of likely N-dealkylation sites (tertiary alicyclic amines) is 1. The third kappa shape index (κ3) is 10.2. The molecule has 3 N–H and O–H groups in total. The molecular weight excluding hydrogens is 702 g/mol. The molecule has 2 aliphatic rings.